The van der Waals surface area contributed by atoms with Gasteiger partial charge < -0.3 is 10.0 Å². The Kier molecular flexibility index (Phi) is 4.74. The second kappa shape index (κ2) is 7.03. The fourth-order valence-corrected chi connectivity index (χ4v) is 4.74. The average Bonchev–Trinajstić information content (AvgIpc) is 3.44. The molecule has 2 aliphatic heterocycles. The molecule has 4 rings (SSSR count). The number of carbonyl (C=O) groups excluding carboxylic acids is 1. The molecule has 140 valence electrons. The first-order valence-corrected chi connectivity index (χ1v) is 9.84. The lowest BCUT2D eigenvalue weighted by Crippen LogP contribution is -2.54. The van der Waals surface area contributed by atoms with Crippen molar-refractivity contribution in [1.29, 1.82) is 0 Å². The van der Waals surface area contributed by atoms with Crippen molar-refractivity contribution < 1.29 is 14.7 Å². The van der Waals surface area contributed by atoms with Crippen LogP contribution >= 0.6 is 0 Å². The highest BCUT2D eigenvalue weighted by molar-refractivity contribution is 5.78. The third-order valence-electron chi connectivity index (χ3n) is 6.21. The first-order chi connectivity index (χ1) is 12.5. The number of hydrogen-bond acceptors (Lipinski definition) is 3. The van der Waals surface area contributed by atoms with Crippen molar-refractivity contribution >= 4 is 11.9 Å². The quantitative estimate of drug-likeness (QED) is 0.881. The number of piperidine rings is 2. The minimum absolute atomic E-state index is 0.0815. The van der Waals surface area contributed by atoms with Crippen molar-refractivity contribution in [2.75, 3.05) is 19.6 Å². The SMILES string of the molecule is O=C(O)Cc1ccc(CN2CCC[C@]3(CCC(=O)N(C4CC4)C3)C2)cc1. The molecule has 3 fully saturated rings. The van der Waals surface area contributed by atoms with Gasteiger partial charge in [-0.05, 0) is 49.8 Å². The van der Waals surface area contributed by atoms with Crippen LogP contribution < -0.4 is 0 Å². The molecule has 1 amide bonds. The van der Waals surface area contributed by atoms with Gasteiger partial charge >= 0.3 is 5.97 Å². The number of likely N-dealkylation sites (tertiary alicyclic amines) is 2. The van der Waals surface area contributed by atoms with E-state index in [1.165, 1.54) is 31.2 Å². The molecule has 3 aliphatic rings. The number of carboxylic acid groups (broad SMARTS) is 1. The zero-order valence-corrected chi connectivity index (χ0v) is 15.3. The summed E-state index contributed by atoms with van der Waals surface area (Å²) >= 11 is 0. The fourth-order valence-electron chi connectivity index (χ4n) is 4.74. The lowest BCUT2D eigenvalue weighted by Gasteiger charge is -2.48. The topological polar surface area (TPSA) is 60.9 Å². The van der Waals surface area contributed by atoms with Crippen LogP contribution in [0.4, 0.5) is 0 Å². The van der Waals surface area contributed by atoms with Crippen molar-refractivity contribution in [2.24, 2.45) is 5.41 Å². The summed E-state index contributed by atoms with van der Waals surface area (Å²) in [6.45, 7) is 4.04. The zero-order valence-electron chi connectivity index (χ0n) is 15.3. The van der Waals surface area contributed by atoms with Crippen LogP contribution in [0, 0.1) is 5.41 Å². The molecule has 1 atom stereocenters. The summed E-state index contributed by atoms with van der Waals surface area (Å²) < 4.78 is 0. The number of nitrogens with zero attached hydrogens (tertiary/aromatic N) is 2. The van der Waals surface area contributed by atoms with Crippen LogP contribution in [-0.4, -0.2) is 52.5 Å². The maximum absolute atomic E-state index is 12.3. The van der Waals surface area contributed by atoms with E-state index in [-0.39, 0.29) is 11.8 Å². The van der Waals surface area contributed by atoms with E-state index in [4.69, 9.17) is 5.11 Å². The fraction of sp³-hybridized carbons (Fsp3) is 0.619. The lowest BCUT2D eigenvalue weighted by atomic mass is 9.73. The van der Waals surface area contributed by atoms with Crippen LogP contribution in [0.3, 0.4) is 0 Å². The Hall–Kier alpha value is -1.88. The number of hydrogen-bond donors (Lipinski definition) is 1. The Morgan fingerprint density at radius 1 is 1.12 bits per heavy atom. The summed E-state index contributed by atoms with van der Waals surface area (Å²) in [6.07, 6.45) is 6.64. The highest BCUT2D eigenvalue weighted by Gasteiger charge is 2.45. The van der Waals surface area contributed by atoms with E-state index in [1.54, 1.807) is 0 Å². The van der Waals surface area contributed by atoms with Crippen LogP contribution in [0.2, 0.25) is 0 Å². The number of amides is 1. The molecule has 1 aromatic carbocycles. The first-order valence-electron chi connectivity index (χ1n) is 9.84. The number of aliphatic carboxylic acids is 1. The number of carboxylic acids is 1. The lowest BCUT2D eigenvalue weighted by molar-refractivity contribution is -0.140. The summed E-state index contributed by atoms with van der Waals surface area (Å²) in [5, 5.41) is 8.89. The van der Waals surface area contributed by atoms with E-state index in [1.807, 2.05) is 12.1 Å². The van der Waals surface area contributed by atoms with Gasteiger partial charge in [0.2, 0.25) is 5.91 Å². The van der Waals surface area contributed by atoms with Crippen molar-refractivity contribution in [3.8, 4) is 0 Å². The third kappa shape index (κ3) is 3.93. The number of carbonyl (C=O) groups is 2. The second-order valence-corrected chi connectivity index (χ2v) is 8.45. The van der Waals surface area contributed by atoms with Crippen molar-refractivity contribution in [3.63, 3.8) is 0 Å². The van der Waals surface area contributed by atoms with Crippen LogP contribution in [0.1, 0.15) is 49.7 Å². The Balaban J connectivity index is 1.39. The predicted molar refractivity (Wildman–Crippen MR) is 98.7 cm³/mol. The van der Waals surface area contributed by atoms with Gasteiger partial charge in [-0.15, -0.1) is 0 Å². The highest BCUT2D eigenvalue weighted by atomic mass is 16.4. The molecule has 2 heterocycles. The van der Waals surface area contributed by atoms with Gasteiger partial charge in [0.05, 0.1) is 6.42 Å². The van der Waals surface area contributed by atoms with Gasteiger partial charge in [-0.1, -0.05) is 24.3 Å². The van der Waals surface area contributed by atoms with E-state index in [9.17, 15) is 9.59 Å². The molecule has 1 aromatic rings. The van der Waals surface area contributed by atoms with Gasteiger partial charge in [-0.25, -0.2) is 0 Å². The van der Waals surface area contributed by atoms with Gasteiger partial charge in [0, 0.05) is 37.5 Å². The molecular formula is C21H28N2O3. The Morgan fingerprint density at radius 2 is 1.85 bits per heavy atom. The summed E-state index contributed by atoms with van der Waals surface area (Å²) in [6, 6.07) is 8.49. The third-order valence-corrected chi connectivity index (χ3v) is 6.21. The normalized spacial score (nSPS) is 27.1. The molecular weight excluding hydrogens is 328 g/mol. The van der Waals surface area contributed by atoms with E-state index >= 15 is 0 Å². The first kappa shape index (κ1) is 17.5. The van der Waals surface area contributed by atoms with Crippen molar-refractivity contribution in [3.05, 3.63) is 35.4 Å². The van der Waals surface area contributed by atoms with E-state index in [0.29, 0.717) is 18.4 Å². The molecule has 0 radical (unpaired) electrons. The van der Waals surface area contributed by atoms with Gasteiger partial charge in [0.1, 0.15) is 0 Å². The van der Waals surface area contributed by atoms with Crippen LogP contribution in [0.5, 0.6) is 0 Å². The van der Waals surface area contributed by atoms with Crippen LogP contribution in [0.15, 0.2) is 24.3 Å². The molecule has 1 spiro atoms. The highest BCUT2D eigenvalue weighted by Crippen LogP contribution is 2.42. The summed E-state index contributed by atoms with van der Waals surface area (Å²) in [7, 11) is 0. The van der Waals surface area contributed by atoms with Gasteiger partial charge in [0.25, 0.3) is 0 Å². The standard InChI is InChI=1S/C21H28N2O3/c24-19-8-10-21(15-23(19)18-6-7-18)9-1-11-22(14-21)13-17-4-2-16(3-5-17)12-20(25)26/h2-5,18H,1,6-15H2,(H,25,26)/t21-/m0/s1. The van der Waals surface area contributed by atoms with Crippen molar-refractivity contribution in [1.82, 2.24) is 9.80 Å². The second-order valence-electron chi connectivity index (χ2n) is 8.45. The van der Waals surface area contributed by atoms with Gasteiger partial charge in [-0.2, -0.15) is 0 Å². The van der Waals surface area contributed by atoms with Gasteiger partial charge in [0.15, 0.2) is 0 Å². The maximum Gasteiger partial charge on any atom is 0.307 e. The molecule has 1 saturated carbocycles. The molecule has 0 bridgehead atoms. The van der Waals surface area contributed by atoms with Crippen molar-refractivity contribution in [2.45, 2.75) is 57.5 Å². The molecule has 26 heavy (non-hydrogen) atoms. The summed E-state index contributed by atoms with van der Waals surface area (Å²) in [5.74, 6) is -0.424. The smallest absolute Gasteiger partial charge is 0.307 e. The number of benzene rings is 1. The summed E-state index contributed by atoms with van der Waals surface area (Å²) in [4.78, 5) is 27.8. The molecule has 1 aliphatic carbocycles. The Morgan fingerprint density at radius 3 is 2.54 bits per heavy atom. The average molecular weight is 356 g/mol. The molecule has 0 unspecified atom stereocenters. The van der Waals surface area contributed by atoms with E-state index < -0.39 is 5.97 Å². The molecule has 1 N–H and O–H groups in total. The largest absolute Gasteiger partial charge is 0.481 e. The van der Waals surface area contributed by atoms with E-state index in [2.05, 4.69) is 21.9 Å². The van der Waals surface area contributed by atoms with Crippen LogP contribution in [-0.2, 0) is 22.6 Å². The zero-order chi connectivity index (χ0) is 18.1. The van der Waals surface area contributed by atoms with E-state index in [0.717, 1.165) is 38.2 Å². The predicted octanol–water partition coefficient (Wildman–Crippen LogP) is 2.68. The minimum Gasteiger partial charge on any atom is -0.481 e. The Labute approximate surface area is 155 Å². The van der Waals surface area contributed by atoms with Crippen LogP contribution in [0.25, 0.3) is 0 Å². The monoisotopic (exact) mass is 356 g/mol. The van der Waals surface area contributed by atoms with Gasteiger partial charge in [-0.3, -0.25) is 14.5 Å². The molecule has 2 saturated heterocycles. The maximum atomic E-state index is 12.3. The Bertz CT molecular complexity index is 683. The molecule has 0 aromatic heterocycles. The number of rotatable bonds is 5. The minimum atomic E-state index is -0.789. The molecule has 5 nitrogen and oxygen atoms in total. The summed E-state index contributed by atoms with van der Waals surface area (Å²) in [5.41, 5.74) is 2.36. The molecule has 5 heteroatoms.